The largest absolute Gasteiger partial charge is 0.278 e. The summed E-state index contributed by atoms with van der Waals surface area (Å²) in [6, 6.07) is 2.23. The molecule has 4 saturated carbocycles. The fraction of sp³-hybridized carbons (Fsp3) is 0.923. The number of azo groups is 1. The van der Waals surface area contributed by atoms with Gasteiger partial charge in [0.1, 0.15) is 0 Å². The minimum atomic E-state index is 0.469. The third-order valence-corrected chi connectivity index (χ3v) is 12.0. The van der Waals surface area contributed by atoms with E-state index in [0.717, 1.165) is 22.3 Å². The number of aliphatic imine (C=N–C) groups is 2. The van der Waals surface area contributed by atoms with Gasteiger partial charge in [0, 0.05) is 22.3 Å². The monoisotopic (exact) mass is 472 g/mol. The molecule has 0 spiro atoms. The molecule has 2 heterocycles. The minimum absolute atomic E-state index is 0.469. The molecule has 0 aromatic carbocycles. The molecule has 4 aliphatic carbocycles. The molecule has 32 heavy (non-hydrogen) atoms. The summed E-state index contributed by atoms with van der Waals surface area (Å²) < 4.78 is 0. The summed E-state index contributed by atoms with van der Waals surface area (Å²) in [6.07, 6.45) is 21.0. The lowest BCUT2D eigenvalue weighted by molar-refractivity contribution is 0.353. The average molecular weight is 473 g/mol. The van der Waals surface area contributed by atoms with Crippen LogP contribution in [0.1, 0.15) is 103 Å². The summed E-state index contributed by atoms with van der Waals surface area (Å²) in [6.45, 7) is 0. The first-order valence-electron chi connectivity index (χ1n) is 13.7. The predicted octanol–water partition coefficient (Wildman–Crippen LogP) is 7.47. The standard InChI is InChI=1S/C26H40N4S2/c1-3-7-23-21(5-1)27-25(31-23)17-9-13-19(14-10-17)29-30-20-15-11-18(12-16-20)26-28-22-6-2-4-8-24(22)32-26/h17-24H,1-16H2. The third kappa shape index (κ3) is 4.87. The summed E-state index contributed by atoms with van der Waals surface area (Å²) in [7, 11) is 0. The van der Waals surface area contributed by atoms with Gasteiger partial charge in [-0.2, -0.15) is 10.2 Å². The van der Waals surface area contributed by atoms with Gasteiger partial charge in [0.05, 0.1) is 34.3 Å². The van der Waals surface area contributed by atoms with E-state index >= 15 is 0 Å². The topological polar surface area (TPSA) is 49.4 Å². The Morgan fingerprint density at radius 1 is 0.500 bits per heavy atom. The maximum absolute atomic E-state index is 5.16. The molecule has 6 rings (SSSR count). The van der Waals surface area contributed by atoms with Crippen molar-refractivity contribution in [1.82, 2.24) is 0 Å². The van der Waals surface area contributed by atoms with Gasteiger partial charge in [-0.05, 0) is 77.0 Å². The molecule has 0 aromatic rings. The van der Waals surface area contributed by atoms with Crippen molar-refractivity contribution in [2.45, 2.75) is 137 Å². The highest BCUT2D eigenvalue weighted by molar-refractivity contribution is 8.15. The average Bonchev–Trinajstić information content (AvgIpc) is 3.48. The lowest BCUT2D eigenvalue weighted by Gasteiger charge is -2.28. The smallest absolute Gasteiger partial charge is 0.0714 e. The van der Waals surface area contributed by atoms with Crippen LogP contribution in [0.15, 0.2) is 20.2 Å². The molecule has 4 nitrogen and oxygen atoms in total. The lowest BCUT2D eigenvalue weighted by atomic mass is 9.86. The van der Waals surface area contributed by atoms with Crippen molar-refractivity contribution in [2.75, 3.05) is 0 Å². The molecule has 4 unspecified atom stereocenters. The fourth-order valence-corrected chi connectivity index (χ4v) is 10.0. The van der Waals surface area contributed by atoms with Crippen molar-refractivity contribution >= 4 is 33.6 Å². The van der Waals surface area contributed by atoms with Crippen molar-refractivity contribution in [3.05, 3.63) is 0 Å². The van der Waals surface area contributed by atoms with Gasteiger partial charge in [0.2, 0.25) is 0 Å². The molecule has 6 heteroatoms. The molecule has 0 saturated heterocycles. The number of rotatable bonds is 4. The quantitative estimate of drug-likeness (QED) is 0.398. The van der Waals surface area contributed by atoms with Crippen LogP contribution in [0.5, 0.6) is 0 Å². The zero-order valence-electron chi connectivity index (χ0n) is 19.5. The van der Waals surface area contributed by atoms with Crippen LogP contribution in [0.25, 0.3) is 0 Å². The van der Waals surface area contributed by atoms with Crippen molar-refractivity contribution in [3.63, 3.8) is 0 Å². The number of thioether (sulfide) groups is 2. The highest BCUT2D eigenvalue weighted by atomic mass is 32.2. The second-order valence-electron chi connectivity index (χ2n) is 11.2. The van der Waals surface area contributed by atoms with Crippen LogP contribution in [-0.2, 0) is 0 Å². The molecule has 0 bridgehead atoms. The molecule has 0 N–H and O–H groups in total. The lowest BCUT2D eigenvalue weighted by Crippen LogP contribution is -2.23. The molecule has 176 valence electrons. The number of fused-ring (bicyclic) bond motifs is 2. The van der Waals surface area contributed by atoms with Crippen LogP contribution < -0.4 is 0 Å². The van der Waals surface area contributed by atoms with E-state index in [-0.39, 0.29) is 0 Å². The molecule has 6 aliphatic rings. The Labute approximate surface area is 202 Å². The molecule has 0 aromatic heterocycles. The van der Waals surface area contributed by atoms with Gasteiger partial charge in [-0.1, -0.05) is 25.7 Å². The van der Waals surface area contributed by atoms with E-state index in [9.17, 15) is 0 Å². The van der Waals surface area contributed by atoms with Crippen molar-refractivity contribution in [1.29, 1.82) is 0 Å². The van der Waals surface area contributed by atoms with E-state index in [0.29, 0.717) is 24.2 Å². The van der Waals surface area contributed by atoms with E-state index in [1.165, 1.54) is 113 Å². The predicted molar refractivity (Wildman–Crippen MR) is 138 cm³/mol. The third-order valence-electron chi connectivity index (χ3n) is 8.95. The molecular weight excluding hydrogens is 432 g/mol. The SMILES string of the molecule is C1CCC2SC(C3CCC(N=NC4CCC(C5=NC6CCCCC6S5)CC4)CC3)=NC2C1. The Balaban J connectivity index is 0.938. The molecule has 4 fully saturated rings. The van der Waals surface area contributed by atoms with Crippen LogP contribution in [0.2, 0.25) is 0 Å². The van der Waals surface area contributed by atoms with Gasteiger partial charge in [-0.15, -0.1) is 23.5 Å². The minimum Gasteiger partial charge on any atom is -0.278 e. The van der Waals surface area contributed by atoms with Gasteiger partial charge in [0.25, 0.3) is 0 Å². The van der Waals surface area contributed by atoms with E-state index in [4.69, 9.17) is 20.2 Å². The Hall–Kier alpha value is -0.360. The van der Waals surface area contributed by atoms with Crippen molar-refractivity contribution < 1.29 is 0 Å². The zero-order valence-corrected chi connectivity index (χ0v) is 21.2. The zero-order chi connectivity index (χ0) is 21.3. The Bertz CT molecular complexity index is 687. The highest BCUT2D eigenvalue weighted by Crippen LogP contribution is 2.44. The summed E-state index contributed by atoms with van der Waals surface area (Å²) in [5.41, 5.74) is 0. The molecule has 0 radical (unpaired) electrons. The van der Waals surface area contributed by atoms with Crippen LogP contribution >= 0.6 is 23.5 Å². The van der Waals surface area contributed by atoms with Crippen LogP contribution in [0.3, 0.4) is 0 Å². The van der Waals surface area contributed by atoms with Gasteiger partial charge < -0.3 is 0 Å². The van der Waals surface area contributed by atoms with Gasteiger partial charge in [0.15, 0.2) is 0 Å². The van der Waals surface area contributed by atoms with Gasteiger partial charge >= 0.3 is 0 Å². The van der Waals surface area contributed by atoms with Crippen LogP contribution in [0.4, 0.5) is 0 Å². The number of hydrogen-bond donors (Lipinski definition) is 0. The van der Waals surface area contributed by atoms with E-state index < -0.39 is 0 Å². The fourth-order valence-electron chi connectivity index (χ4n) is 6.89. The van der Waals surface area contributed by atoms with E-state index in [1.54, 1.807) is 0 Å². The molecular formula is C26H40N4S2. The van der Waals surface area contributed by atoms with Crippen molar-refractivity contribution in [3.8, 4) is 0 Å². The van der Waals surface area contributed by atoms with Gasteiger partial charge in [-0.3, -0.25) is 9.98 Å². The van der Waals surface area contributed by atoms with Gasteiger partial charge in [-0.25, -0.2) is 0 Å². The first kappa shape index (κ1) is 22.1. The summed E-state index contributed by atoms with van der Waals surface area (Å²) in [5.74, 6) is 1.45. The van der Waals surface area contributed by atoms with Crippen LogP contribution in [0, 0.1) is 11.8 Å². The Morgan fingerprint density at radius 3 is 1.31 bits per heavy atom. The summed E-state index contributed by atoms with van der Waals surface area (Å²) in [4.78, 5) is 10.3. The van der Waals surface area contributed by atoms with Crippen LogP contribution in [-0.4, -0.2) is 44.8 Å². The summed E-state index contributed by atoms with van der Waals surface area (Å²) >= 11 is 4.28. The molecule has 4 atom stereocenters. The highest BCUT2D eigenvalue weighted by Gasteiger charge is 2.37. The second kappa shape index (κ2) is 10.1. The first-order chi connectivity index (χ1) is 15.8. The van der Waals surface area contributed by atoms with Crippen molar-refractivity contribution in [2.24, 2.45) is 32.0 Å². The molecule has 0 amide bonds. The maximum Gasteiger partial charge on any atom is 0.0714 e. The Kier molecular flexibility index (Phi) is 6.98. The maximum atomic E-state index is 5.16. The Morgan fingerprint density at radius 2 is 0.906 bits per heavy atom. The summed E-state index contributed by atoms with van der Waals surface area (Å²) in [5, 5.41) is 14.4. The van der Waals surface area contributed by atoms with E-state index in [1.807, 2.05) is 0 Å². The normalized spacial score (nSPS) is 44.8. The second-order valence-corrected chi connectivity index (χ2v) is 13.7. The first-order valence-corrected chi connectivity index (χ1v) is 15.5. The number of nitrogens with zero attached hydrogens (tertiary/aromatic N) is 4. The number of hydrogen-bond acceptors (Lipinski definition) is 6. The van der Waals surface area contributed by atoms with E-state index in [2.05, 4.69) is 23.5 Å². The molecule has 2 aliphatic heterocycles.